The smallest absolute Gasteiger partial charge is 0.338 e. The Labute approximate surface area is 145 Å². The van der Waals surface area contributed by atoms with Crippen LogP contribution in [0, 0.1) is 11.3 Å². The minimum atomic E-state index is -0.525. The Morgan fingerprint density at radius 2 is 1.84 bits per heavy atom. The fraction of sp³-hybridized carbons (Fsp3) is 0.105. The first-order valence-electron chi connectivity index (χ1n) is 7.64. The molecule has 2 aromatic rings. The molecule has 0 aliphatic carbocycles. The van der Waals surface area contributed by atoms with Crippen molar-refractivity contribution in [3.05, 3.63) is 71.9 Å². The van der Waals surface area contributed by atoms with Crippen LogP contribution in [0.15, 0.2) is 66.4 Å². The van der Waals surface area contributed by atoms with Gasteiger partial charge in [-0.1, -0.05) is 24.3 Å². The molecule has 0 aromatic heterocycles. The summed E-state index contributed by atoms with van der Waals surface area (Å²) < 4.78 is 4.94. The largest absolute Gasteiger partial charge is 0.462 e. The Morgan fingerprint density at radius 3 is 2.52 bits per heavy atom. The van der Waals surface area contributed by atoms with Gasteiger partial charge in [-0.25, -0.2) is 4.79 Å². The lowest BCUT2D eigenvalue weighted by molar-refractivity contribution is -0.112. The van der Waals surface area contributed by atoms with Crippen LogP contribution >= 0.6 is 0 Å². The number of hydrogen-bond donors (Lipinski definition) is 2. The maximum absolute atomic E-state index is 12.1. The summed E-state index contributed by atoms with van der Waals surface area (Å²) in [7, 11) is 0. The lowest BCUT2D eigenvalue weighted by Crippen LogP contribution is -2.14. The summed E-state index contributed by atoms with van der Waals surface area (Å²) in [5.74, 6) is -0.958. The van der Waals surface area contributed by atoms with Crippen LogP contribution in [0.3, 0.4) is 0 Å². The quantitative estimate of drug-likeness (QED) is 0.480. The van der Waals surface area contributed by atoms with Gasteiger partial charge < -0.3 is 15.4 Å². The molecule has 0 aliphatic rings. The second-order valence-corrected chi connectivity index (χ2v) is 4.94. The van der Waals surface area contributed by atoms with Gasteiger partial charge in [0.25, 0.3) is 5.91 Å². The Kier molecular flexibility index (Phi) is 6.32. The van der Waals surface area contributed by atoms with E-state index in [4.69, 9.17) is 4.74 Å². The normalized spacial score (nSPS) is 10.5. The molecule has 6 nitrogen and oxygen atoms in total. The minimum absolute atomic E-state index is 0.0922. The number of hydrogen-bond acceptors (Lipinski definition) is 5. The number of nitrogens with zero attached hydrogens (tertiary/aromatic N) is 1. The van der Waals surface area contributed by atoms with Crippen molar-refractivity contribution >= 4 is 23.3 Å². The Morgan fingerprint density at radius 1 is 1.12 bits per heavy atom. The van der Waals surface area contributed by atoms with Crippen molar-refractivity contribution in [2.75, 3.05) is 17.2 Å². The number of rotatable bonds is 6. The lowest BCUT2D eigenvalue weighted by atomic mass is 10.2. The van der Waals surface area contributed by atoms with Crippen molar-refractivity contribution in [3.8, 4) is 6.07 Å². The Bertz CT molecular complexity index is 823. The van der Waals surface area contributed by atoms with E-state index in [1.54, 1.807) is 55.5 Å². The van der Waals surface area contributed by atoms with Crippen molar-refractivity contribution in [3.63, 3.8) is 0 Å². The van der Waals surface area contributed by atoms with E-state index in [-0.39, 0.29) is 12.2 Å². The highest BCUT2D eigenvalue weighted by Gasteiger charge is 2.10. The van der Waals surface area contributed by atoms with Gasteiger partial charge in [-0.05, 0) is 37.3 Å². The molecular formula is C19H17N3O3. The molecule has 0 saturated carbocycles. The first-order valence-corrected chi connectivity index (χ1v) is 7.64. The Balaban J connectivity index is 2.08. The van der Waals surface area contributed by atoms with E-state index in [2.05, 4.69) is 10.6 Å². The fourth-order valence-electron chi connectivity index (χ4n) is 1.97. The molecule has 2 N–H and O–H groups in total. The predicted octanol–water partition coefficient (Wildman–Crippen LogP) is 3.32. The van der Waals surface area contributed by atoms with E-state index >= 15 is 0 Å². The van der Waals surface area contributed by atoms with Crippen molar-refractivity contribution < 1.29 is 14.3 Å². The van der Waals surface area contributed by atoms with Gasteiger partial charge in [-0.3, -0.25) is 4.79 Å². The maximum atomic E-state index is 12.1. The van der Waals surface area contributed by atoms with Crippen LogP contribution in [0.1, 0.15) is 17.3 Å². The summed E-state index contributed by atoms with van der Waals surface area (Å²) >= 11 is 0. The molecule has 0 aliphatic heterocycles. The average molecular weight is 335 g/mol. The topological polar surface area (TPSA) is 91.2 Å². The van der Waals surface area contributed by atoms with E-state index in [1.807, 2.05) is 12.1 Å². The first kappa shape index (κ1) is 17.8. The zero-order chi connectivity index (χ0) is 18.1. The molecule has 0 fully saturated rings. The number of anilines is 2. The Hall–Kier alpha value is -3.59. The van der Waals surface area contributed by atoms with Gasteiger partial charge in [-0.2, -0.15) is 5.26 Å². The number of esters is 1. The second-order valence-electron chi connectivity index (χ2n) is 4.94. The molecule has 2 rings (SSSR count). The molecular weight excluding hydrogens is 318 g/mol. The SMILES string of the molecule is CCOC(=O)c1cccc(NC=C(C#N)C(=O)Nc2ccccc2)c1. The number of benzene rings is 2. The molecule has 0 radical (unpaired) electrons. The molecule has 1 amide bonds. The number of carbonyl (C=O) groups is 2. The zero-order valence-electron chi connectivity index (χ0n) is 13.7. The third-order valence-electron chi connectivity index (χ3n) is 3.15. The molecule has 6 heteroatoms. The highest BCUT2D eigenvalue weighted by Crippen LogP contribution is 2.13. The van der Waals surface area contributed by atoms with Gasteiger partial charge in [-0.15, -0.1) is 0 Å². The van der Waals surface area contributed by atoms with Crippen LogP contribution in [0.4, 0.5) is 11.4 Å². The minimum Gasteiger partial charge on any atom is -0.462 e. The van der Waals surface area contributed by atoms with E-state index in [1.165, 1.54) is 6.20 Å². The first-order chi connectivity index (χ1) is 12.1. The summed E-state index contributed by atoms with van der Waals surface area (Å²) in [5.41, 5.74) is 1.45. The number of ether oxygens (including phenoxy) is 1. The van der Waals surface area contributed by atoms with Crippen LogP contribution in [-0.4, -0.2) is 18.5 Å². The van der Waals surface area contributed by atoms with Gasteiger partial charge in [0, 0.05) is 17.6 Å². The zero-order valence-corrected chi connectivity index (χ0v) is 13.7. The van der Waals surface area contributed by atoms with Gasteiger partial charge in [0.2, 0.25) is 0 Å². The summed E-state index contributed by atoms with van der Waals surface area (Å²) in [6.07, 6.45) is 1.29. The summed E-state index contributed by atoms with van der Waals surface area (Å²) in [6.45, 7) is 2.02. The van der Waals surface area contributed by atoms with E-state index in [9.17, 15) is 14.9 Å². The highest BCUT2D eigenvalue weighted by molar-refractivity contribution is 6.06. The monoisotopic (exact) mass is 335 g/mol. The van der Waals surface area contributed by atoms with Crippen molar-refractivity contribution in [2.24, 2.45) is 0 Å². The summed E-state index contributed by atoms with van der Waals surface area (Å²) in [6, 6.07) is 17.3. The molecule has 0 saturated heterocycles. The van der Waals surface area contributed by atoms with Crippen molar-refractivity contribution in [1.29, 1.82) is 5.26 Å². The van der Waals surface area contributed by atoms with Crippen molar-refractivity contribution in [2.45, 2.75) is 6.92 Å². The van der Waals surface area contributed by atoms with E-state index in [0.29, 0.717) is 16.9 Å². The van der Waals surface area contributed by atoms with Gasteiger partial charge in [0.1, 0.15) is 11.6 Å². The number of para-hydroxylation sites is 1. The molecule has 0 unspecified atom stereocenters. The van der Waals surface area contributed by atoms with Crippen LogP contribution in [0.25, 0.3) is 0 Å². The summed E-state index contributed by atoms with van der Waals surface area (Å²) in [4.78, 5) is 23.8. The standard InChI is InChI=1S/C19H17N3O3/c1-2-25-19(24)14-7-6-10-17(11-14)21-13-15(12-20)18(23)22-16-8-4-3-5-9-16/h3-11,13,21H,2H2,1H3,(H,22,23). The molecule has 0 atom stereocenters. The number of carbonyl (C=O) groups excluding carboxylic acids is 2. The fourth-order valence-corrected chi connectivity index (χ4v) is 1.97. The maximum Gasteiger partial charge on any atom is 0.338 e. The van der Waals surface area contributed by atoms with Gasteiger partial charge >= 0.3 is 5.97 Å². The number of nitriles is 1. The molecule has 0 bridgehead atoms. The lowest BCUT2D eigenvalue weighted by Gasteiger charge is -2.06. The molecule has 25 heavy (non-hydrogen) atoms. The van der Waals surface area contributed by atoms with E-state index in [0.717, 1.165) is 0 Å². The average Bonchev–Trinajstić information content (AvgIpc) is 2.63. The van der Waals surface area contributed by atoms with Crippen LogP contribution < -0.4 is 10.6 Å². The van der Waals surface area contributed by atoms with Crippen molar-refractivity contribution in [1.82, 2.24) is 0 Å². The third-order valence-corrected chi connectivity index (χ3v) is 3.15. The number of amides is 1. The van der Waals surface area contributed by atoms with Crippen LogP contribution in [0.2, 0.25) is 0 Å². The van der Waals surface area contributed by atoms with Gasteiger partial charge in [0.15, 0.2) is 0 Å². The van der Waals surface area contributed by atoms with Crippen LogP contribution in [0.5, 0.6) is 0 Å². The second kappa shape index (κ2) is 8.89. The van der Waals surface area contributed by atoms with Gasteiger partial charge in [0.05, 0.1) is 12.2 Å². The highest BCUT2D eigenvalue weighted by atomic mass is 16.5. The number of nitrogens with one attached hydrogen (secondary N) is 2. The summed E-state index contributed by atoms with van der Waals surface area (Å²) in [5, 5.41) is 14.7. The van der Waals surface area contributed by atoms with Crippen LogP contribution in [-0.2, 0) is 9.53 Å². The molecule has 0 heterocycles. The molecule has 126 valence electrons. The predicted molar refractivity (Wildman–Crippen MR) is 94.8 cm³/mol. The molecule has 2 aromatic carbocycles. The van der Waals surface area contributed by atoms with E-state index < -0.39 is 11.9 Å². The molecule has 0 spiro atoms. The third kappa shape index (κ3) is 5.22.